The van der Waals surface area contributed by atoms with Crippen molar-refractivity contribution in [3.63, 3.8) is 0 Å². The highest BCUT2D eigenvalue weighted by Gasteiger charge is 2.82. The summed E-state index contributed by atoms with van der Waals surface area (Å²) in [5.41, 5.74) is -0.380. The first-order valence-corrected chi connectivity index (χ1v) is 10.5. The van der Waals surface area contributed by atoms with Gasteiger partial charge in [0.25, 0.3) is 0 Å². The smallest absolute Gasteiger partial charge is 0.334 e. The first-order chi connectivity index (χ1) is 12.7. The van der Waals surface area contributed by atoms with Crippen molar-refractivity contribution in [1.82, 2.24) is 0 Å². The van der Waals surface area contributed by atoms with Crippen LogP contribution in [0.15, 0.2) is 22.8 Å². The van der Waals surface area contributed by atoms with Gasteiger partial charge in [-0.2, -0.15) is 0 Å². The second-order valence-electron chi connectivity index (χ2n) is 12.6. The monoisotopic (exact) mass is 404 g/mol. The number of ether oxygens (including phenoxy) is 2. The molecule has 4 nitrogen and oxygen atoms in total. The minimum atomic E-state index is -0.955. The number of fused-ring (bicyclic) bond motifs is 1. The van der Waals surface area contributed by atoms with Gasteiger partial charge in [-0.05, 0) is 42.6 Å². The molecule has 0 amide bonds. The lowest BCUT2D eigenvalue weighted by Crippen LogP contribution is -2.73. The van der Waals surface area contributed by atoms with E-state index in [0.29, 0.717) is 5.57 Å². The Bertz CT molecular complexity index is 800. The Hall–Kier alpha value is -1.58. The number of hydrogen-bond acceptors (Lipinski definition) is 4. The molecule has 29 heavy (non-hydrogen) atoms. The van der Waals surface area contributed by atoms with Crippen molar-refractivity contribution in [3.8, 4) is 0 Å². The van der Waals surface area contributed by atoms with Crippen molar-refractivity contribution in [3.05, 3.63) is 22.8 Å². The van der Waals surface area contributed by atoms with Crippen LogP contribution in [0.25, 0.3) is 0 Å². The van der Waals surface area contributed by atoms with Gasteiger partial charge in [-0.3, -0.25) is 4.79 Å². The van der Waals surface area contributed by atoms with Crippen molar-refractivity contribution in [2.75, 3.05) is 7.11 Å². The summed E-state index contributed by atoms with van der Waals surface area (Å²) in [4.78, 5) is 26.7. The molecule has 0 unspecified atom stereocenters. The minimum absolute atomic E-state index is 0.227. The highest BCUT2D eigenvalue weighted by Crippen LogP contribution is 2.83. The predicted octanol–water partition coefficient (Wildman–Crippen LogP) is 5.86. The van der Waals surface area contributed by atoms with Gasteiger partial charge in [-0.15, -0.1) is 0 Å². The number of carbonyl (C=O) groups is 2. The maximum atomic E-state index is 13.8. The van der Waals surface area contributed by atoms with Crippen molar-refractivity contribution < 1.29 is 19.1 Å². The van der Waals surface area contributed by atoms with E-state index in [9.17, 15) is 9.59 Å². The van der Waals surface area contributed by atoms with Gasteiger partial charge in [0, 0.05) is 5.57 Å². The maximum Gasteiger partial charge on any atom is 0.334 e. The van der Waals surface area contributed by atoms with Crippen LogP contribution in [-0.2, 0) is 19.1 Å². The fourth-order valence-electron chi connectivity index (χ4n) is 5.75. The molecular formula is C25H40O4. The number of carbonyl (C=O) groups excluding carboxylic acids is 2. The van der Waals surface area contributed by atoms with Gasteiger partial charge in [-0.1, -0.05) is 74.0 Å². The molecule has 2 aliphatic carbocycles. The number of esters is 2. The zero-order valence-corrected chi connectivity index (χ0v) is 20.7. The van der Waals surface area contributed by atoms with Gasteiger partial charge in [-0.25, -0.2) is 4.79 Å². The summed E-state index contributed by atoms with van der Waals surface area (Å²) < 4.78 is 11.1. The molecule has 0 fully saturated rings. The van der Waals surface area contributed by atoms with Crippen LogP contribution in [0.2, 0.25) is 0 Å². The second-order valence-corrected chi connectivity index (χ2v) is 12.6. The molecule has 0 bridgehead atoms. The average molecular weight is 405 g/mol. The SMILES string of the molecule is COC(=O)C1=C[C@@]2(C(=O)OC(C)(C)C)C(C(C)(C)C)=C(C(C)(C)C)[C@@]12C(C)(C)C. The molecule has 0 N–H and O–H groups in total. The van der Waals surface area contributed by atoms with E-state index in [0.717, 1.165) is 5.57 Å². The zero-order chi connectivity index (χ0) is 23.0. The lowest BCUT2D eigenvalue weighted by atomic mass is 9.26. The van der Waals surface area contributed by atoms with E-state index in [2.05, 4.69) is 62.3 Å². The summed E-state index contributed by atoms with van der Waals surface area (Å²) in [6.45, 7) is 24.8. The fraction of sp³-hybridized carbons (Fsp3) is 0.760. The molecule has 0 aromatic carbocycles. The Balaban J connectivity index is 2.99. The van der Waals surface area contributed by atoms with Crippen LogP contribution in [0.1, 0.15) is 83.1 Å². The van der Waals surface area contributed by atoms with Crippen LogP contribution in [0, 0.1) is 27.1 Å². The van der Waals surface area contributed by atoms with E-state index < -0.39 is 16.4 Å². The van der Waals surface area contributed by atoms with Crippen LogP contribution in [-0.4, -0.2) is 24.6 Å². The summed E-state index contributed by atoms with van der Waals surface area (Å²) in [6.07, 6.45) is 1.83. The number of rotatable bonds is 2. The standard InChI is InChI=1S/C25H40O4/c1-20(2,3)16-17(21(4,5)6)25(22(7,8)9)15(18(26)28-13)14-24(16,25)19(27)29-23(10,11)12/h14H,1-13H3/t24-,25+/m0/s1. The minimum Gasteiger partial charge on any atom is -0.466 e. The summed E-state index contributed by atoms with van der Waals surface area (Å²) in [6, 6.07) is 0. The molecule has 0 aliphatic heterocycles. The molecule has 164 valence electrons. The maximum absolute atomic E-state index is 13.8. The Morgan fingerprint density at radius 3 is 1.55 bits per heavy atom. The fourth-order valence-corrected chi connectivity index (χ4v) is 5.75. The third kappa shape index (κ3) is 3.00. The van der Waals surface area contributed by atoms with E-state index in [1.165, 1.54) is 12.7 Å². The summed E-state index contributed by atoms with van der Waals surface area (Å²) in [5.74, 6) is -0.640. The van der Waals surface area contributed by atoms with E-state index in [1.807, 2.05) is 26.8 Å². The Morgan fingerprint density at radius 1 is 0.793 bits per heavy atom. The van der Waals surface area contributed by atoms with Gasteiger partial charge in [0.1, 0.15) is 11.0 Å². The Kier molecular flexibility index (Phi) is 5.08. The molecule has 0 spiro atoms. The van der Waals surface area contributed by atoms with Gasteiger partial charge in [0.2, 0.25) is 0 Å². The Morgan fingerprint density at radius 2 is 1.24 bits per heavy atom. The summed E-state index contributed by atoms with van der Waals surface area (Å²) in [7, 11) is 1.40. The second kappa shape index (κ2) is 6.21. The molecule has 0 aromatic heterocycles. The molecule has 2 atom stereocenters. The van der Waals surface area contributed by atoms with E-state index in [1.54, 1.807) is 0 Å². The summed E-state index contributed by atoms with van der Waals surface area (Å²) in [5, 5.41) is 0. The van der Waals surface area contributed by atoms with Gasteiger partial charge in [0.05, 0.1) is 12.5 Å². The van der Waals surface area contributed by atoms with Crippen LogP contribution >= 0.6 is 0 Å². The van der Waals surface area contributed by atoms with E-state index in [4.69, 9.17) is 9.47 Å². The zero-order valence-electron chi connectivity index (χ0n) is 20.7. The topological polar surface area (TPSA) is 52.6 Å². The third-order valence-electron chi connectivity index (χ3n) is 6.13. The average Bonchev–Trinajstić information content (AvgIpc) is 2.41. The van der Waals surface area contributed by atoms with Crippen molar-refractivity contribution >= 4 is 11.9 Å². The molecular weight excluding hydrogens is 364 g/mol. The summed E-state index contributed by atoms with van der Waals surface area (Å²) >= 11 is 0. The Labute approximate surface area is 177 Å². The van der Waals surface area contributed by atoms with Gasteiger partial charge < -0.3 is 9.47 Å². The number of hydrogen-bond donors (Lipinski definition) is 0. The van der Waals surface area contributed by atoms with Crippen molar-refractivity contribution in [2.45, 2.75) is 88.7 Å². The molecule has 0 radical (unpaired) electrons. The van der Waals surface area contributed by atoms with Crippen molar-refractivity contribution in [1.29, 1.82) is 0 Å². The van der Waals surface area contributed by atoms with Crippen LogP contribution in [0.4, 0.5) is 0 Å². The van der Waals surface area contributed by atoms with Gasteiger partial charge >= 0.3 is 11.9 Å². The van der Waals surface area contributed by atoms with Crippen molar-refractivity contribution in [2.24, 2.45) is 27.1 Å². The molecule has 0 saturated carbocycles. The highest BCUT2D eigenvalue weighted by atomic mass is 16.6. The van der Waals surface area contributed by atoms with Crippen LogP contribution in [0.3, 0.4) is 0 Å². The lowest BCUT2D eigenvalue weighted by Gasteiger charge is -2.74. The molecule has 0 heterocycles. The molecule has 0 saturated heterocycles. The van der Waals surface area contributed by atoms with Crippen LogP contribution < -0.4 is 0 Å². The number of methoxy groups -OCH3 is 1. The molecule has 0 aromatic rings. The predicted molar refractivity (Wildman–Crippen MR) is 116 cm³/mol. The first-order valence-electron chi connectivity index (χ1n) is 10.5. The molecule has 2 aliphatic rings. The molecule has 4 heteroatoms. The van der Waals surface area contributed by atoms with E-state index >= 15 is 0 Å². The molecule has 2 rings (SSSR count). The van der Waals surface area contributed by atoms with Gasteiger partial charge in [0.15, 0.2) is 0 Å². The first kappa shape index (κ1) is 23.7. The third-order valence-corrected chi connectivity index (χ3v) is 6.13. The number of allylic oxidation sites excluding steroid dienone is 1. The highest BCUT2D eigenvalue weighted by molar-refractivity contribution is 6.05. The normalized spacial score (nSPS) is 27.4. The lowest BCUT2D eigenvalue weighted by molar-refractivity contribution is -0.183. The van der Waals surface area contributed by atoms with E-state index in [-0.39, 0.29) is 28.2 Å². The largest absolute Gasteiger partial charge is 0.466 e. The van der Waals surface area contributed by atoms with Crippen LogP contribution in [0.5, 0.6) is 0 Å². The quantitative estimate of drug-likeness (QED) is 0.427.